The van der Waals surface area contributed by atoms with E-state index in [0.717, 1.165) is 5.56 Å². The molecule has 1 amide bonds. The predicted molar refractivity (Wildman–Crippen MR) is 78.7 cm³/mol. The van der Waals surface area contributed by atoms with Crippen LogP contribution in [0.25, 0.3) is 10.8 Å². The van der Waals surface area contributed by atoms with Crippen LogP contribution in [0.15, 0.2) is 42.5 Å². The molecule has 0 saturated heterocycles. The molecule has 2 N–H and O–H groups in total. The summed E-state index contributed by atoms with van der Waals surface area (Å²) in [4.78, 5) is 13.7. The zero-order valence-corrected chi connectivity index (χ0v) is 11.5. The molecule has 0 aromatic heterocycles. The molecule has 0 bridgehead atoms. The number of nitrogens with zero attached hydrogens (tertiary/aromatic N) is 1. The number of hydrogen-bond acceptors (Lipinski definition) is 2. The van der Waals surface area contributed by atoms with Crippen LogP contribution < -0.4 is 5.73 Å². The third kappa shape index (κ3) is 3.12. The van der Waals surface area contributed by atoms with Crippen LogP contribution in [0.1, 0.15) is 19.4 Å². The number of rotatable bonds is 4. The highest BCUT2D eigenvalue weighted by atomic mass is 16.2. The standard InChI is InChI=1S/C16H20N2O/c1-3-18(16(19)12(2)17)11-13-8-9-14-6-4-5-7-15(14)10-13/h4-10,12H,3,11,17H2,1-2H3/t12-/m1/s1. The summed E-state index contributed by atoms with van der Waals surface area (Å²) < 4.78 is 0. The Hall–Kier alpha value is -1.87. The molecule has 0 fully saturated rings. The summed E-state index contributed by atoms with van der Waals surface area (Å²) >= 11 is 0. The molecule has 0 radical (unpaired) electrons. The number of carbonyl (C=O) groups is 1. The van der Waals surface area contributed by atoms with Crippen LogP contribution >= 0.6 is 0 Å². The SMILES string of the molecule is CCN(Cc1ccc2ccccc2c1)C(=O)[C@@H](C)N. The molecule has 0 aliphatic rings. The molecule has 0 unspecified atom stereocenters. The molecule has 0 heterocycles. The van der Waals surface area contributed by atoms with Crippen molar-refractivity contribution in [2.45, 2.75) is 26.4 Å². The molecule has 0 spiro atoms. The minimum atomic E-state index is -0.444. The molecule has 2 aromatic carbocycles. The third-order valence-electron chi connectivity index (χ3n) is 3.27. The van der Waals surface area contributed by atoms with E-state index in [1.807, 2.05) is 19.1 Å². The smallest absolute Gasteiger partial charge is 0.239 e. The Morgan fingerprint density at radius 1 is 1.21 bits per heavy atom. The molecule has 1 atom stereocenters. The normalized spacial score (nSPS) is 12.4. The van der Waals surface area contributed by atoms with E-state index in [2.05, 4.69) is 30.3 Å². The molecule has 100 valence electrons. The molecule has 0 saturated carbocycles. The average molecular weight is 256 g/mol. The van der Waals surface area contributed by atoms with E-state index in [1.165, 1.54) is 10.8 Å². The van der Waals surface area contributed by atoms with E-state index in [0.29, 0.717) is 13.1 Å². The predicted octanol–water partition coefficient (Wildman–Crippen LogP) is 2.54. The first kappa shape index (κ1) is 13.6. The van der Waals surface area contributed by atoms with Gasteiger partial charge in [0.25, 0.3) is 0 Å². The average Bonchev–Trinajstić information content (AvgIpc) is 2.43. The molecular formula is C16H20N2O. The minimum absolute atomic E-state index is 0.00402. The lowest BCUT2D eigenvalue weighted by atomic mass is 10.1. The van der Waals surface area contributed by atoms with Gasteiger partial charge in [0.05, 0.1) is 6.04 Å². The van der Waals surface area contributed by atoms with Gasteiger partial charge in [-0.1, -0.05) is 36.4 Å². The van der Waals surface area contributed by atoms with Crippen molar-refractivity contribution in [2.24, 2.45) is 5.73 Å². The largest absolute Gasteiger partial charge is 0.337 e. The van der Waals surface area contributed by atoms with Crippen LogP contribution in [-0.4, -0.2) is 23.4 Å². The van der Waals surface area contributed by atoms with Crippen LogP contribution in [0.5, 0.6) is 0 Å². The van der Waals surface area contributed by atoms with Crippen molar-refractivity contribution in [3.63, 3.8) is 0 Å². The lowest BCUT2D eigenvalue weighted by Gasteiger charge is -2.23. The summed E-state index contributed by atoms with van der Waals surface area (Å²) in [6.07, 6.45) is 0. The van der Waals surface area contributed by atoms with Gasteiger partial charge in [0.1, 0.15) is 0 Å². The number of fused-ring (bicyclic) bond motifs is 1. The highest BCUT2D eigenvalue weighted by Crippen LogP contribution is 2.17. The molecule has 3 nitrogen and oxygen atoms in total. The summed E-state index contributed by atoms with van der Waals surface area (Å²) in [6, 6.07) is 14.1. The van der Waals surface area contributed by atoms with Gasteiger partial charge in [-0.3, -0.25) is 4.79 Å². The fraction of sp³-hybridized carbons (Fsp3) is 0.312. The van der Waals surface area contributed by atoms with E-state index in [9.17, 15) is 4.79 Å². The zero-order valence-electron chi connectivity index (χ0n) is 11.5. The first-order chi connectivity index (χ1) is 9.11. The van der Waals surface area contributed by atoms with Gasteiger partial charge in [0.15, 0.2) is 0 Å². The summed E-state index contributed by atoms with van der Waals surface area (Å²) in [6.45, 7) is 4.99. The van der Waals surface area contributed by atoms with Crippen molar-refractivity contribution in [1.82, 2.24) is 4.90 Å². The van der Waals surface area contributed by atoms with Crippen LogP contribution in [0.4, 0.5) is 0 Å². The molecule has 3 heteroatoms. The number of amides is 1. The maximum Gasteiger partial charge on any atom is 0.239 e. The number of likely N-dealkylation sites (N-methyl/N-ethyl adjacent to an activating group) is 1. The van der Waals surface area contributed by atoms with Gasteiger partial charge in [-0.05, 0) is 36.2 Å². The van der Waals surface area contributed by atoms with Crippen LogP contribution in [-0.2, 0) is 11.3 Å². The van der Waals surface area contributed by atoms with Gasteiger partial charge in [-0.15, -0.1) is 0 Å². The third-order valence-corrected chi connectivity index (χ3v) is 3.27. The Kier molecular flexibility index (Phi) is 4.17. The van der Waals surface area contributed by atoms with E-state index >= 15 is 0 Å². The van der Waals surface area contributed by atoms with E-state index in [-0.39, 0.29) is 5.91 Å². The van der Waals surface area contributed by atoms with Crippen LogP contribution in [0.3, 0.4) is 0 Å². The number of nitrogens with two attached hydrogens (primary N) is 1. The first-order valence-electron chi connectivity index (χ1n) is 6.64. The maximum absolute atomic E-state index is 11.9. The quantitative estimate of drug-likeness (QED) is 0.913. The van der Waals surface area contributed by atoms with Crippen molar-refractivity contribution < 1.29 is 4.79 Å². The van der Waals surface area contributed by atoms with Crippen molar-refractivity contribution in [3.05, 3.63) is 48.0 Å². The monoisotopic (exact) mass is 256 g/mol. The first-order valence-corrected chi connectivity index (χ1v) is 6.64. The van der Waals surface area contributed by atoms with E-state index in [1.54, 1.807) is 11.8 Å². The van der Waals surface area contributed by atoms with Crippen molar-refractivity contribution in [1.29, 1.82) is 0 Å². The zero-order chi connectivity index (χ0) is 13.8. The second kappa shape index (κ2) is 5.85. The fourth-order valence-corrected chi connectivity index (χ4v) is 2.19. The fourth-order valence-electron chi connectivity index (χ4n) is 2.19. The number of hydrogen-bond donors (Lipinski definition) is 1. The van der Waals surface area contributed by atoms with Crippen molar-refractivity contribution in [2.75, 3.05) is 6.54 Å². The molecule has 0 aliphatic heterocycles. The van der Waals surface area contributed by atoms with Crippen molar-refractivity contribution in [3.8, 4) is 0 Å². The number of carbonyl (C=O) groups excluding carboxylic acids is 1. The molecular weight excluding hydrogens is 236 g/mol. The van der Waals surface area contributed by atoms with Crippen LogP contribution in [0.2, 0.25) is 0 Å². The second-order valence-corrected chi connectivity index (χ2v) is 4.82. The Bertz CT molecular complexity index is 578. The molecule has 2 aromatic rings. The second-order valence-electron chi connectivity index (χ2n) is 4.82. The van der Waals surface area contributed by atoms with Crippen molar-refractivity contribution >= 4 is 16.7 Å². The summed E-state index contributed by atoms with van der Waals surface area (Å²) in [5.74, 6) is -0.00402. The maximum atomic E-state index is 11.9. The number of benzene rings is 2. The Balaban J connectivity index is 2.22. The van der Waals surface area contributed by atoms with Gasteiger partial charge in [-0.25, -0.2) is 0 Å². The minimum Gasteiger partial charge on any atom is -0.337 e. The Morgan fingerprint density at radius 3 is 2.53 bits per heavy atom. The highest BCUT2D eigenvalue weighted by molar-refractivity contribution is 5.83. The van der Waals surface area contributed by atoms with Gasteiger partial charge in [-0.2, -0.15) is 0 Å². The van der Waals surface area contributed by atoms with Gasteiger partial charge in [0.2, 0.25) is 5.91 Å². The Morgan fingerprint density at radius 2 is 1.89 bits per heavy atom. The van der Waals surface area contributed by atoms with Gasteiger partial charge in [0, 0.05) is 13.1 Å². The summed E-state index contributed by atoms with van der Waals surface area (Å²) in [5.41, 5.74) is 6.80. The van der Waals surface area contributed by atoms with Crippen LogP contribution in [0, 0.1) is 0 Å². The van der Waals surface area contributed by atoms with E-state index < -0.39 is 6.04 Å². The van der Waals surface area contributed by atoms with Gasteiger partial charge >= 0.3 is 0 Å². The Labute approximate surface area is 114 Å². The highest BCUT2D eigenvalue weighted by Gasteiger charge is 2.15. The lowest BCUT2D eigenvalue weighted by Crippen LogP contribution is -2.41. The van der Waals surface area contributed by atoms with Gasteiger partial charge < -0.3 is 10.6 Å². The molecule has 2 rings (SSSR count). The molecule has 0 aliphatic carbocycles. The topological polar surface area (TPSA) is 46.3 Å². The van der Waals surface area contributed by atoms with E-state index in [4.69, 9.17) is 5.73 Å². The lowest BCUT2D eigenvalue weighted by molar-refractivity contribution is -0.132. The molecule has 19 heavy (non-hydrogen) atoms. The summed E-state index contributed by atoms with van der Waals surface area (Å²) in [5, 5.41) is 2.41. The summed E-state index contributed by atoms with van der Waals surface area (Å²) in [7, 11) is 0.